The third kappa shape index (κ3) is 4.48. The molecule has 6 nitrogen and oxygen atoms in total. The second-order valence-electron chi connectivity index (χ2n) is 5.26. The van der Waals surface area contributed by atoms with Gasteiger partial charge in [0.2, 0.25) is 10.0 Å². The minimum atomic E-state index is -3.86. The zero-order valence-electron chi connectivity index (χ0n) is 13.7. The molecule has 1 amide bonds. The summed E-state index contributed by atoms with van der Waals surface area (Å²) in [5.41, 5.74) is 0.00596. The highest BCUT2D eigenvalue weighted by molar-refractivity contribution is 7.89. The second kappa shape index (κ2) is 7.98. The van der Waals surface area contributed by atoms with Crippen LogP contribution in [0.2, 0.25) is 5.02 Å². The molecule has 140 valence electrons. The van der Waals surface area contributed by atoms with Crippen molar-refractivity contribution in [3.63, 3.8) is 0 Å². The number of rotatable bonds is 6. The molecule has 0 atom stereocenters. The molecule has 0 aliphatic rings. The van der Waals surface area contributed by atoms with Crippen LogP contribution in [-0.4, -0.2) is 39.3 Å². The third-order valence-corrected chi connectivity index (χ3v) is 5.60. The number of amides is 1. The molecule has 0 unspecified atom stereocenters. The normalized spacial score (nSPS) is 11.7. The Balaban J connectivity index is 2.35. The molecule has 0 radical (unpaired) electrons. The fraction of sp³-hybridized carbons (Fsp3) is 0.188. The van der Waals surface area contributed by atoms with Crippen molar-refractivity contribution in [3.05, 3.63) is 53.1 Å². The Morgan fingerprint density at radius 1 is 1.19 bits per heavy atom. The number of nitrogens with one attached hydrogen (secondary N) is 1. The van der Waals surface area contributed by atoms with Crippen LogP contribution in [0.15, 0.2) is 47.4 Å². The van der Waals surface area contributed by atoms with Crippen LogP contribution in [0.5, 0.6) is 5.75 Å². The predicted molar refractivity (Wildman–Crippen MR) is 93.4 cm³/mol. The number of carbonyl (C=O) groups excluding carboxylic acids is 1. The SMILES string of the molecule is CN(C)S(=O)(=O)c1cc(C(=O)Nc2ccccc2OC(F)F)ccc1Cl. The van der Waals surface area contributed by atoms with E-state index in [0.717, 1.165) is 10.4 Å². The maximum Gasteiger partial charge on any atom is 0.387 e. The minimum Gasteiger partial charge on any atom is -0.433 e. The number of alkyl halides is 2. The van der Waals surface area contributed by atoms with Crippen LogP contribution < -0.4 is 10.1 Å². The van der Waals surface area contributed by atoms with E-state index in [1.807, 2.05) is 0 Å². The Bertz CT molecular complexity index is 920. The first kappa shape index (κ1) is 20.1. The first-order chi connectivity index (χ1) is 12.1. The average molecular weight is 405 g/mol. The lowest BCUT2D eigenvalue weighted by Crippen LogP contribution is -2.23. The molecule has 0 heterocycles. The van der Waals surface area contributed by atoms with Crippen molar-refractivity contribution in [2.75, 3.05) is 19.4 Å². The van der Waals surface area contributed by atoms with Gasteiger partial charge in [0.15, 0.2) is 0 Å². The van der Waals surface area contributed by atoms with Crippen LogP contribution in [-0.2, 0) is 10.0 Å². The van der Waals surface area contributed by atoms with E-state index in [1.165, 1.54) is 50.5 Å². The fourth-order valence-corrected chi connectivity index (χ4v) is 3.40. The molecule has 10 heteroatoms. The van der Waals surface area contributed by atoms with E-state index in [9.17, 15) is 22.0 Å². The Morgan fingerprint density at radius 3 is 2.46 bits per heavy atom. The van der Waals surface area contributed by atoms with E-state index in [2.05, 4.69) is 10.1 Å². The van der Waals surface area contributed by atoms with Gasteiger partial charge < -0.3 is 10.1 Å². The van der Waals surface area contributed by atoms with Crippen LogP contribution >= 0.6 is 11.6 Å². The van der Waals surface area contributed by atoms with E-state index < -0.39 is 22.5 Å². The van der Waals surface area contributed by atoms with Gasteiger partial charge in [-0.2, -0.15) is 8.78 Å². The van der Waals surface area contributed by atoms with Crippen molar-refractivity contribution in [1.82, 2.24) is 4.31 Å². The van der Waals surface area contributed by atoms with Gasteiger partial charge in [0, 0.05) is 19.7 Å². The monoisotopic (exact) mass is 404 g/mol. The van der Waals surface area contributed by atoms with Gasteiger partial charge in [-0.25, -0.2) is 12.7 Å². The lowest BCUT2D eigenvalue weighted by Gasteiger charge is -2.14. The summed E-state index contributed by atoms with van der Waals surface area (Å²) in [7, 11) is -1.20. The van der Waals surface area contributed by atoms with E-state index in [4.69, 9.17) is 11.6 Å². The molecule has 1 N–H and O–H groups in total. The lowest BCUT2D eigenvalue weighted by atomic mass is 10.2. The number of sulfonamides is 1. The van der Waals surface area contributed by atoms with Crippen LogP contribution in [0.1, 0.15) is 10.4 Å². The maximum absolute atomic E-state index is 12.4. The smallest absolute Gasteiger partial charge is 0.387 e. The molecule has 26 heavy (non-hydrogen) atoms. The summed E-state index contributed by atoms with van der Waals surface area (Å²) in [5, 5.41) is 2.37. The first-order valence-electron chi connectivity index (χ1n) is 7.20. The summed E-state index contributed by atoms with van der Waals surface area (Å²) in [6.45, 7) is -3.06. The van der Waals surface area contributed by atoms with Crippen LogP contribution in [0.25, 0.3) is 0 Å². The highest BCUT2D eigenvalue weighted by Gasteiger charge is 2.23. The molecule has 2 rings (SSSR count). The number of para-hydroxylation sites is 2. The quantitative estimate of drug-likeness (QED) is 0.800. The van der Waals surface area contributed by atoms with Crippen molar-refractivity contribution in [3.8, 4) is 5.75 Å². The topological polar surface area (TPSA) is 75.7 Å². The molecule has 2 aromatic carbocycles. The molecular weight excluding hydrogens is 390 g/mol. The molecule has 0 aromatic heterocycles. The minimum absolute atomic E-state index is 0.0123. The van der Waals surface area contributed by atoms with Crippen molar-refractivity contribution < 1.29 is 26.7 Å². The number of nitrogens with zero attached hydrogens (tertiary/aromatic N) is 1. The third-order valence-electron chi connectivity index (χ3n) is 3.30. The summed E-state index contributed by atoms with van der Waals surface area (Å²) in [6, 6.07) is 9.35. The summed E-state index contributed by atoms with van der Waals surface area (Å²) < 4.78 is 54.7. The number of carbonyl (C=O) groups is 1. The first-order valence-corrected chi connectivity index (χ1v) is 9.02. The average Bonchev–Trinajstić information content (AvgIpc) is 2.56. The zero-order chi connectivity index (χ0) is 19.5. The molecule has 0 saturated carbocycles. The predicted octanol–water partition coefficient (Wildman–Crippen LogP) is 3.44. The van der Waals surface area contributed by atoms with Gasteiger partial charge in [-0.3, -0.25) is 4.79 Å². The standard InChI is InChI=1S/C16H15ClF2N2O4S/c1-21(2)26(23,24)14-9-10(7-8-11(14)17)15(22)20-12-5-3-4-6-13(12)25-16(18)19/h3-9,16H,1-2H3,(H,20,22). The number of benzene rings is 2. The second-order valence-corrected chi connectivity index (χ2v) is 7.79. The molecule has 0 aliphatic heterocycles. The van der Waals surface area contributed by atoms with Crippen molar-refractivity contribution in [1.29, 1.82) is 0 Å². The Morgan fingerprint density at radius 2 is 1.85 bits per heavy atom. The number of halogens is 3. The number of hydrogen-bond donors (Lipinski definition) is 1. The van der Waals surface area contributed by atoms with Crippen molar-refractivity contribution in [2.45, 2.75) is 11.5 Å². The summed E-state index contributed by atoms with van der Waals surface area (Å²) in [5.74, 6) is -0.923. The largest absolute Gasteiger partial charge is 0.433 e. The zero-order valence-corrected chi connectivity index (χ0v) is 15.3. The summed E-state index contributed by atoms with van der Waals surface area (Å²) in [4.78, 5) is 12.2. The summed E-state index contributed by atoms with van der Waals surface area (Å²) >= 11 is 5.93. The van der Waals surface area contributed by atoms with Crippen LogP contribution in [0, 0.1) is 0 Å². The van der Waals surface area contributed by atoms with Gasteiger partial charge in [0.1, 0.15) is 10.6 Å². The molecule has 0 fully saturated rings. The van der Waals surface area contributed by atoms with Gasteiger partial charge in [0.05, 0.1) is 10.7 Å². The van der Waals surface area contributed by atoms with Crippen LogP contribution in [0.3, 0.4) is 0 Å². The van der Waals surface area contributed by atoms with Gasteiger partial charge in [0.25, 0.3) is 5.91 Å². The van der Waals surface area contributed by atoms with E-state index in [0.29, 0.717) is 0 Å². The van der Waals surface area contributed by atoms with E-state index in [-0.39, 0.29) is 26.9 Å². The molecule has 0 aliphatic carbocycles. The van der Waals surface area contributed by atoms with E-state index in [1.54, 1.807) is 0 Å². The molecule has 0 saturated heterocycles. The molecule has 2 aromatic rings. The summed E-state index contributed by atoms with van der Waals surface area (Å²) in [6.07, 6.45) is 0. The van der Waals surface area contributed by atoms with Gasteiger partial charge in [-0.05, 0) is 30.3 Å². The highest BCUT2D eigenvalue weighted by atomic mass is 35.5. The Kier molecular flexibility index (Phi) is 6.17. The fourth-order valence-electron chi connectivity index (χ4n) is 2.00. The number of anilines is 1. The van der Waals surface area contributed by atoms with Gasteiger partial charge >= 0.3 is 6.61 Å². The molecule has 0 spiro atoms. The lowest BCUT2D eigenvalue weighted by molar-refractivity contribution is -0.0493. The Hall–Kier alpha value is -2.23. The molecular formula is C16H15ClF2N2O4S. The van der Waals surface area contributed by atoms with Crippen molar-refractivity contribution >= 4 is 33.2 Å². The Labute approximate surface area is 154 Å². The van der Waals surface area contributed by atoms with Gasteiger partial charge in [-0.15, -0.1) is 0 Å². The number of hydrogen-bond acceptors (Lipinski definition) is 4. The van der Waals surface area contributed by atoms with Gasteiger partial charge in [-0.1, -0.05) is 23.7 Å². The van der Waals surface area contributed by atoms with Crippen molar-refractivity contribution in [2.24, 2.45) is 0 Å². The van der Waals surface area contributed by atoms with Crippen LogP contribution in [0.4, 0.5) is 14.5 Å². The van der Waals surface area contributed by atoms with E-state index >= 15 is 0 Å². The maximum atomic E-state index is 12.4. The number of ether oxygens (including phenoxy) is 1. The molecule has 0 bridgehead atoms. The highest BCUT2D eigenvalue weighted by Crippen LogP contribution is 2.28.